The van der Waals surface area contributed by atoms with Crippen molar-refractivity contribution in [3.8, 4) is 0 Å². The van der Waals surface area contributed by atoms with Crippen LogP contribution in [0.2, 0.25) is 0 Å². The number of hydrogen-bond donors (Lipinski definition) is 0. The standard InChI is InChI=1S/C16H23BN2O2/c1-6-7-12-10-13-8-9-14(19(13)18-11-12)17-20-15(2,3)16(4,5)21-17/h8-11H,6-7H2,1-5H3. The average molecular weight is 286 g/mol. The molecule has 0 amide bonds. The van der Waals surface area contributed by atoms with Crippen LogP contribution < -0.4 is 5.59 Å². The molecule has 21 heavy (non-hydrogen) atoms. The Bertz CT molecular complexity index is 647. The summed E-state index contributed by atoms with van der Waals surface area (Å²) in [6.07, 6.45) is 4.12. The number of nitrogens with zero attached hydrogens (tertiary/aromatic N) is 2. The van der Waals surface area contributed by atoms with Crippen molar-refractivity contribution in [3.63, 3.8) is 0 Å². The van der Waals surface area contributed by atoms with Gasteiger partial charge >= 0.3 is 7.12 Å². The molecule has 0 bridgehead atoms. The van der Waals surface area contributed by atoms with Crippen molar-refractivity contribution in [1.82, 2.24) is 9.61 Å². The highest BCUT2D eigenvalue weighted by molar-refractivity contribution is 6.61. The lowest BCUT2D eigenvalue weighted by Crippen LogP contribution is -2.41. The van der Waals surface area contributed by atoms with E-state index in [0.29, 0.717) is 0 Å². The van der Waals surface area contributed by atoms with E-state index < -0.39 is 0 Å². The summed E-state index contributed by atoms with van der Waals surface area (Å²) in [5, 5.41) is 4.56. The van der Waals surface area contributed by atoms with Gasteiger partial charge in [0.05, 0.1) is 28.5 Å². The number of hydrogen-bond acceptors (Lipinski definition) is 3. The van der Waals surface area contributed by atoms with Gasteiger partial charge in [0.2, 0.25) is 0 Å². The molecular formula is C16H23BN2O2. The minimum absolute atomic E-state index is 0.329. The Morgan fingerprint density at radius 3 is 2.43 bits per heavy atom. The van der Waals surface area contributed by atoms with Gasteiger partial charge in [-0.1, -0.05) is 13.3 Å². The molecule has 1 aliphatic heterocycles. The molecule has 1 saturated heterocycles. The quantitative estimate of drug-likeness (QED) is 0.814. The van der Waals surface area contributed by atoms with Crippen LogP contribution in [0.15, 0.2) is 24.4 Å². The largest absolute Gasteiger partial charge is 0.514 e. The Hall–Kier alpha value is -1.33. The smallest absolute Gasteiger partial charge is 0.398 e. The third kappa shape index (κ3) is 2.38. The van der Waals surface area contributed by atoms with E-state index in [1.54, 1.807) is 0 Å². The first-order valence-corrected chi connectivity index (χ1v) is 7.66. The predicted molar refractivity (Wildman–Crippen MR) is 84.9 cm³/mol. The zero-order valence-corrected chi connectivity index (χ0v) is 13.5. The molecule has 5 heteroatoms. The van der Waals surface area contributed by atoms with Gasteiger partial charge in [0, 0.05) is 0 Å². The number of aromatic nitrogens is 2. The van der Waals surface area contributed by atoms with Crippen LogP contribution in [0.4, 0.5) is 0 Å². The summed E-state index contributed by atoms with van der Waals surface area (Å²) in [4.78, 5) is 0. The van der Waals surface area contributed by atoms with E-state index in [-0.39, 0.29) is 18.3 Å². The predicted octanol–water partition coefficient (Wildman–Crippen LogP) is 2.59. The van der Waals surface area contributed by atoms with E-state index >= 15 is 0 Å². The van der Waals surface area contributed by atoms with Gasteiger partial charge in [-0.05, 0) is 57.9 Å². The summed E-state index contributed by atoms with van der Waals surface area (Å²) in [5.41, 5.74) is 2.65. The molecule has 1 fully saturated rings. The highest BCUT2D eigenvalue weighted by atomic mass is 16.7. The Kier molecular flexibility index (Phi) is 3.37. The second-order valence-electron chi connectivity index (χ2n) is 6.80. The molecule has 2 aromatic heterocycles. The van der Waals surface area contributed by atoms with Crippen LogP contribution in [0.25, 0.3) is 5.52 Å². The molecule has 0 aromatic carbocycles. The van der Waals surface area contributed by atoms with Crippen LogP contribution in [0, 0.1) is 0 Å². The van der Waals surface area contributed by atoms with Crippen LogP contribution in [0.1, 0.15) is 46.6 Å². The van der Waals surface area contributed by atoms with Crippen LogP contribution in [0.5, 0.6) is 0 Å². The van der Waals surface area contributed by atoms with Crippen LogP contribution in [-0.4, -0.2) is 27.9 Å². The summed E-state index contributed by atoms with van der Waals surface area (Å²) >= 11 is 0. The van der Waals surface area contributed by atoms with E-state index in [1.165, 1.54) is 5.56 Å². The lowest BCUT2D eigenvalue weighted by atomic mass is 9.85. The summed E-state index contributed by atoms with van der Waals surface area (Å²) < 4.78 is 14.1. The molecule has 0 aliphatic carbocycles. The zero-order valence-electron chi connectivity index (χ0n) is 13.5. The van der Waals surface area contributed by atoms with E-state index in [9.17, 15) is 0 Å². The summed E-state index contributed by atoms with van der Waals surface area (Å²) in [6.45, 7) is 10.4. The number of aryl methyl sites for hydroxylation is 1. The average Bonchev–Trinajstić information content (AvgIpc) is 2.88. The summed E-state index contributed by atoms with van der Waals surface area (Å²) in [7, 11) is -0.373. The molecule has 0 saturated carbocycles. The molecule has 3 heterocycles. The molecule has 0 atom stereocenters. The Labute approximate surface area is 126 Å². The molecular weight excluding hydrogens is 263 g/mol. The minimum Gasteiger partial charge on any atom is -0.398 e. The topological polar surface area (TPSA) is 35.8 Å². The zero-order chi connectivity index (χ0) is 15.3. The van der Waals surface area contributed by atoms with Crippen molar-refractivity contribution in [3.05, 3.63) is 30.0 Å². The Balaban J connectivity index is 1.96. The Morgan fingerprint density at radius 1 is 1.14 bits per heavy atom. The van der Waals surface area contributed by atoms with Crippen LogP contribution >= 0.6 is 0 Å². The highest BCUT2D eigenvalue weighted by Crippen LogP contribution is 2.36. The van der Waals surface area contributed by atoms with E-state index in [4.69, 9.17) is 9.31 Å². The maximum absolute atomic E-state index is 6.11. The van der Waals surface area contributed by atoms with E-state index in [0.717, 1.165) is 24.0 Å². The van der Waals surface area contributed by atoms with Gasteiger partial charge in [0.1, 0.15) is 0 Å². The summed E-state index contributed by atoms with van der Waals surface area (Å²) in [5.74, 6) is 0. The van der Waals surface area contributed by atoms with Gasteiger partial charge in [-0.3, -0.25) is 0 Å². The van der Waals surface area contributed by atoms with Gasteiger partial charge in [0.15, 0.2) is 0 Å². The number of rotatable bonds is 3. The molecule has 4 nitrogen and oxygen atoms in total. The monoisotopic (exact) mass is 286 g/mol. The second-order valence-corrected chi connectivity index (χ2v) is 6.80. The molecule has 3 rings (SSSR count). The van der Waals surface area contributed by atoms with E-state index in [2.05, 4.69) is 51.9 Å². The van der Waals surface area contributed by atoms with Gasteiger partial charge in [-0.25, -0.2) is 4.52 Å². The fourth-order valence-corrected chi connectivity index (χ4v) is 2.63. The first kappa shape index (κ1) is 14.6. The van der Waals surface area contributed by atoms with Gasteiger partial charge in [-0.15, -0.1) is 0 Å². The maximum Gasteiger partial charge on any atom is 0.514 e. The van der Waals surface area contributed by atoms with Gasteiger partial charge in [0.25, 0.3) is 0 Å². The fraction of sp³-hybridized carbons (Fsp3) is 0.562. The lowest BCUT2D eigenvalue weighted by Gasteiger charge is -2.32. The van der Waals surface area contributed by atoms with Crippen molar-refractivity contribution in [2.45, 2.75) is 58.7 Å². The van der Waals surface area contributed by atoms with Crippen molar-refractivity contribution in [2.24, 2.45) is 0 Å². The normalized spacial score (nSPS) is 20.3. The molecule has 2 aromatic rings. The second kappa shape index (κ2) is 4.85. The maximum atomic E-state index is 6.11. The van der Waals surface area contributed by atoms with Gasteiger partial charge < -0.3 is 9.31 Å². The van der Waals surface area contributed by atoms with Gasteiger partial charge in [-0.2, -0.15) is 5.10 Å². The molecule has 0 unspecified atom stereocenters. The highest BCUT2D eigenvalue weighted by Gasteiger charge is 2.52. The van der Waals surface area contributed by atoms with Crippen molar-refractivity contribution < 1.29 is 9.31 Å². The lowest BCUT2D eigenvalue weighted by molar-refractivity contribution is 0.00578. The van der Waals surface area contributed by atoms with Crippen molar-refractivity contribution in [1.29, 1.82) is 0 Å². The third-order valence-corrected chi connectivity index (χ3v) is 4.62. The Morgan fingerprint density at radius 2 is 1.81 bits per heavy atom. The third-order valence-electron chi connectivity index (χ3n) is 4.62. The molecule has 0 spiro atoms. The molecule has 112 valence electrons. The first-order chi connectivity index (χ1) is 9.84. The molecule has 0 N–H and O–H groups in total. The van der Waals surface area contributed by atoms with Crippen LogP contribution in [-0.2, 0) is 15.7 Å². The number of fused-ring (bicyclic) bond motifs is 1. The van der Waals surface area contributed by atoms with E-state index in [1.807, 2.05) is 16.8 Å². The molecule has 0 radical (unpaired) electrons. The SMILES string of the molecule is CCCc1cnn2c(B3OC(C)(C)C(C)(C)O3)ccc2c1. The minimum atomic E-state index is -0.373. The summed E-state index contributed by atoms with van der Waals surface area (Å²) in [6, 6.07) is 6.30. The fourth-order valence-electron chi connectivity index (χ4n) is 2.63. The first-order valence-electron chi connectivity index (χ1n) is 7.66. The van der Waals surface area contributed by atoms with Crippen LogP contribution in [0.3, 0.4) is 0 Å². The van der Waals surface area contributed by atoms with Crippen molar-refractivity contribution >= 4 is 18.2 Å². The van der Waals surface area contributed by atoms with Crippen molar-refractivity contribution in [2.75, 3.05) is 0 Å². The molecule has 1 aliphatic rings.